The number of anilines is 1. The fourth-order valence-corrected chi connectivity index (χ4v) is 1.36. The van der Waals surface area contributed by atoms with Gasteiger partial charge in [-0.2, -0.15) is 0 Å². The second-order valence-corrected chi connectivity index (χ2v) is 5.21. The molecular weight excluding hydrogens is 244 g/mol. The average Bonchev–Trinajstić information content (AvgIpc) is 2.35. The first kappa shape index (κ1) is 15.3. The predicted octanol–water partition coefficient (Wildman–Crippen LogP) is 1.77. The number of esters is 1. The molecule has 19 heavy (non-hydrogen) atoms. The first-order valence-corrected chi connectivity index (χ1v) is 6.06. The highest BCUT2D eigenvalue weighted by Crippen LogP contribution is 2.28. The molecule has 2 N–H and O–H groups in total. The Hall–Kier alpha value is -1.75. The van der Waals surface area contributed by atoms with E-state index in [0.717, 1.165) is 0 Å². The molecule has 0 unspecified atom stereocenters. The van der Waals surface area contributed by atoms with Crippen molar-refractivity contribution in [3.8, 4) is 5.75 Å². The Morgan fingerprint density at radius 1 is 1.37 bits per heavy atom. The van der Waals surface area contributed by atoms with Crippen molar-refractivity contribution in [3.05, 3.63) is 23.8 Å². The van der Waals surface area contributed by atoms with E-state index in [4.69, 9.17) is 15.2 Å². The molecule has 0 atom stereocenters. The Morgan fingerprint density at radius 3 is 2.53 bits per heavy atom. The van der Waals surface area contributed by atoms with E-state index in [1.54, 1.807) is 18.2 Å². The summed E-state index contributed by atoms with van der Waals surface area (Å²) >= 11 is 0. The maximum Gasteiger partial charge on any atom is 0.341 e. The van der Waals surface area contributed by atoms with Gasteiger partial charge < -0.3 is 20.1 Å². The Balaban J connectivity index is 2.98. The zero-order valence-electron chi connectivity index (χ0n) is 12.2. The van der Waals surface area contributed by atoms with Crippen LogP contribution < -0.4 is 10.5 Å². The van der Waals surface area contributed by atoms with E-state index in [1.165, 1.54) is 7.11 Å². The molecule has 1 aromatic carbocycles. The Labute approximate surface area is 114 Å². The number of hydrogen-bond acceptors (Lipinski definition) is 5. The quantitative estimate of drug-likeness (QED) is 0.650. The van der Waals surface area contributed by atoms with Crippen molar-refractivity contribution in [3.63, 3.8) is 0 Å². The molecule has 106 valence electrons. The summed E-state index contributed by atoms with van der Waals surface area (Å²) in [5, 5.41) is 0. The summed E-state index contributed by atoms with van der Waals surface area (Å²) in [6, 6.07) is 5.04. The number of hydrogen-bond donors (Lipinski definition) is 1. The van der Waals surface area contributed by atoms with Gasteiger partial charge in [0, 0.05) is 5.54 Å². The Bertz CT molecular complexity index is 456. The fraction of sp³-hybridized carbons (Fsp3) is 0.500. The molecule has 0 amide bonds. The third-order valence-electron chi connectivity index (χ3n) is 3.23. The van der Waals surface area contributed by atoms with Crippen molar-refractivity contribution < 1.29 is 14.3 Å². The van der Waals surface area contributed by atoms with Crippen LogP contribution in [0.1, 0.15) is 24.2 Å². The van der Waals surface area contributed by atoms with E-state index in [-0.39, 0.29) is 5.54 Å². The molecule has 0 heterocycles. The number of likely N-dealkylation sites (N-methyl/N-ethyl adjacent to an activating group) is 1. The number of nitrogens with zero attached hydrogens (tertiary/aromatic N) is 1. The van der Waals surface area contributed by atoms with Crippen LogP contribution in [0.15, 0.2) is 18.2 Å². The van der Waals surface area contributed by atoms with Crippen molar-refractivity contribution in [2.45, 2.75) is 19.4 Å². The number of para-hydroxylation sites is 1. The summed E-state index contributed by atoms with van der Waals surface area (Å²) in [6.07, 6.45) is 0. The van der Waals surface area contributed by atoms with E-state index in [0.29, 0.717) is 23.6 Å². The molecule has 0 saturated carbocycles. The zero-order chi connectivity index (χ0) is 14.6. The monoisotopic (exact) mass is 266 g/mol. The molecule has 0 aliphatic heterocycles. The molecule has 0 spiro atoms. The zero-order valence-corrected chi connectivity index (χ0v) is 12.2. The van der Waals surface area contributed by atoms with E-state index < -0.39 is 5.97 Å². The third-order valence-corrected chi connectivity index (χ3v) is 3.23. The normalized spacial score (nSPS) is 11.5. The van der Waals surface area contributed by atoms with Crippen LogP contribution >= 0.6 is 0 Å². The predicted molar refractivity (Wildman–Crippen MR) is 75.5 cm³/mol. The van der Waals surface area contributed by atoms with Crippen LogP contribution in [0.5, 0.6) is 5.75 Å². The van der Waals surface area contributed by atoms with Crippen molar-refractivity contribution in [2.24, 2.45) is 0 Å². The number of nitrogens with two attached hydrogens (primary N) is 1. The van der Waals surface area contributed by atoms with Gasteiger partial charge in [0.15, 0.2) is 5.75 Å². The summed E-state index contributed by atoms with van der Waals surface area (Å²) in [4.78, 5) is 13.7. The number of carbonyl (C=O) groups excluding carboxylic acids is 1. The molecule has 1 rings (SSSR count). The lowest BCUT2D eigenvalue weighted by Crippen LogP contribution is -2.43. The highest BCUT2D eigenvalue weighted by Gasteiger charge is 2.23. The Morgan fingerprint density at radius 2 is 2.00 bits per heavy atom. The van der Waals surface area contributed by atoms with Crippen LogP contribution in [0, 0.1) is 0 Å². The number of rotatable bonds is 5. The van der Waals surface area contributed by atoms with Gasteiger partial charge in [0.1, 0.15) is 12.2 Å². The summed E-state index contributed by atoms with van der Waals surface area (Å²) in [5.74, 6) is -0.0748. The second kappa shape index (κ2) is 5.93. The van der Waals surface area contributed by atoms with Crippen molar-refractivity contribution >= 4 is 11.7 Å². The van der Waals surface area contributed by atoms with Crippen molar-refractivity contribution in [1.82, 2.24) is 4.90 Å². The highest BCUT2D eigenvalue weighted by atomic mass is 16.5. The molecular formula is C14H22N2O3. The lowest BCUT2D eigenvalue weighted by Gasteiger charge is -2.32. The SMILES string of the molecule is COC(=O)c1cccc(N)c1OCC(C)(C)N(C)C. The summed E-state index contributed by atoms with van der Waals surface area (Å²) in [5.41, 5.74) is 6.47. The van der Waals surface area contributed by atoms with Gasteiger partial charge in [0.25, 0.3) is 0 Å². The molecule has 0 bridgehead atoms. The number of ether oxygens (including phenoxy) is 2. The maximum absolute atomic E-state index is 11.7. The van der Waals surface area contributed by atoms with E-state index in [1.807, 2.05) is 32.8 Å². The molecule has 1 aromatic rings. The standard InChI is InChI=1S/C14H22N2O3/c1-14(2,16(3)4)9-19-12-10(13(17)18-5)7-6-8-11(12)15/h6-8H,9,15H2,1-5H3. The van der Waals surface area contributed by atoms with E-state index >= 15 is 0 Å². The van der Waals surface area contributed by atoms with Crippen molar-refractivity contribution in [1.29, 1.82) is 0 Å². The minimum Gasteiger partial charge on any atom is -0.489 e. The third kappa shape index (κ3) is 3.61. The van der Waals surface area contributed by atoms with Gasteiger partial charge in [-0.1, -0.05) is 6.07 Å². The van der Waals surface area contributed by atoms with E-state index in [2.05, 4.69) is 0 Å². The molecule has 5 nitrogen and oxygen atoms in total. The summed E-state index contributed by atoms with van der Waals surface area (Å²) < 4.78 is 10.5. The molecule has 5 heteroatoms. The summed E-state index contributed by atoms with van der Waals surface area (Å²) in [6.45, 7) is 4.51. The molecule has 0 radical (unpaired) electrons. The lowest BCUT2D eigenvalue weighted by molar-refractivity contribution is 0.0590. The van der Waals surface area contributed by atoms with Gasteiger partial charge in [-0.15, -0.1) is 0 Å². The molecule has 0 fully saturated rings. The van der Waals surface area contributed by atoms with Crippen LogP contribution in [0.2, 0.25) is 0 Å². The van der Waals surface area contributed by atoms with Gasteiger partial charge in [-0.25, -0.2) is 4.79 Å². The first-order chi connectivity index (χ1) is 8.79. The second-order valence-electron chi connectivity index (χ2n) is 5.21. The number of carbonyl (C=O) groups is 1. The maximum atomic E-state index is 11.7. The Kier molecular flexibility index (Phi) is 4.78. The lowest BCUT2D eigenvalue weighted by atomic mass is 10.1. The topological polar surface area (TPSA) is 64.8 Å². The molecule has 0 aromatic heterocycles. The van der Waals surface area contributed by atoms with Gasteiger partial charge in [0.2, 0.25) is 0 Å². The van der Waals surface area contributed by atoms with Crippen LogP contribution in [0.3, 0.4) is 0 Å². The smallest absolute Gasteiger partial charge is 0.341 e. The molecule has 0 aliphatic carbocycles. The summed E-state index contributed by atoms with van der Waals surface area (Å²) in [7, 11) is 5.27. The highest BCUT2D eigenvalue weighted by molar-refractivity contribution is 5.94. The number of methoxy groups -OCH3 is 1. The van der Waals surface area contributed by atoms with Crippen molar-refractivity contribution in [2.75, 3.05) is 33.5 Å². The number of benzene rings is 1. The van der Waals surface area contributed by atoms with Gasteiger partial charge in [-0.3, -0.25) is 0 Å². The molecule has 0 aliphatic rings. The minimum absolute atomic E-state index is 0.171. The number of nitrogen functional groups attached to an aromatic ring is 1. The van der Waals surface area contributed by atoms with Gasteiger partial charge in [0.05, 0.1) is 12.8 Å². The largest absolute Gasteiger partial charge is 0.489 e. The van der Waals surface area contributed by atoms with Crippen LogP contribution in [-0.4, -0.2) is 44.2 Å². The van der Waals surface area contributed by atoms with Crippen LogP contribution in [0.25, 0.3) is 0 Å². The minimum atomic E-state index is -0.454. The first-order valence-electron chi connectivity index (χ1n) is 6.06. The van der Waals surface area contributed by atoms with Gasteiger partial charge in [-0.05, 0) is 40.1 Å². The van der Waals surface area contributed by atoms with Crippen LogP contribution in [-0.2, 0) is 4.74 Å². The van der Waals surface area contributed by atoms with Crippen LogP contribution in [0.4, 0.5) is 5.69 Å². The van der Waals surface area contributed by atoms with E-state index in [9.17, 15) is 4.79 Å². The molecule has 0 saturated heterocycles. The fourth-order valence-electron chi connectivity index (χ4n) is 1.36. The van der Waals surface area contributed by atoms with Gasteiger partial charge >= 0.3 is 5.97 Å². The average molecular weight is 266 g/mol.